The van der Waals surface area contributed by atoms with Gasteiger partial charge in [-0.3, -0.25) is 5.10 Å². The Hall–Kier alpha value is -2.36. The summed E-state index contributed by atoms with van der Waals surface area (Å²) in [5.74, 6) is 0.828. The molecule has 2 heterocycles. The van der Waals surface area contributed by atoms with Crippen LogP contribution in [-0.4, -0.2) is 22.2 Å². The minimum Gasteiger partial charge on any atom is -0.371 e. The summed E-state index contributed by atoms with van der Waals surface area (Å²) < 4.78 is 0. The zero-order valence-electron chi connectivity index (χ0n) is 11.1. The Morgan fingerprint density at radius 3 is 2.63 bits per heavy atom. The first-order valence-corrected chi connectivity index (χ1v) is 6.43. The van der Waals surface area contributed by atoms with E-state index >= 15 is 0 Å². The van der Waals surface area contributed by atoms with Gasteiger partial charge in [0.05, 0.1) is 5.39 Å². The van der Waals surface area contributed by atoms with Crippen molar-refractivity contribution in [3.05, 3.63) is 42.1 Å². The third-order valence-electron chi connectivity index (χ3n) is 3.35. The monoisotopic (exact) mass is 252 g/mol. The predicted octanol–water partition coefficient (Wildman–Crippen LogP) is 3.23. The van der Waals surface area contributed by atoms with E-state index in [-0.39, 0.29) is 0 Å². The summed E-state index contributed by atoms with van der Waals surface area (Å²) in [6.45, 7) is 2.16. The van der Waals surface area contributed by atoms with Crippen molar-refractivity contribution in [3.63, 3.8) is 0 Å². The molecular weight excluding hydrogens is 236 g/mol. The van der Waals surface area contributed by atoms with Gasteiger partial charge in [-0.2, -0.15) is 5.10 Å². The Morgan fingerprint density at radius 1 is 1.16 bits per heavy atom. The van der Waals surface area contributed by atoms with Crippen molar-refractivity contribution in [1.82, 2.24) is 15.2 Å². The number of nitrogens with zero attached hydrogens (tertiary/aromatic N) is 2. The second-order valence-electron chi connectivity index (χ2n) is 4.49. The smallest absolute Gasteiger partial charge is 0.157 e. The lowest BCUT2D eigenvalue weighted by atomic mass is 10.0. The molecule has 4 heteroatoms. The molecule has 0 amide bonds. The first-order chi connectivity index (χ1) is 9.31. The molecular formula is C15H16N4. The van der Waals surface area contributed by atoms with E-state index in [1.54, 1.807) is 0 Å². The van der Waals surface area contributed by atoms with Crippen molar-refractivity contribution in [2.75, 3.05) is 12.4 Å². The molecule has 1 aromatic carbocycles. The van der Waals surface area contributed by atoms with Gasteiger partial charge in [-0.05, 0) is 23.6 Å². The van der Waals surface area contributed by atoms with E-state index in [0.717, 1.165) is 28.8 Å². The largest absolute Gasteiger partial charge is 0.371 e. The number of aromatic amines is 1. The fourth-order valence-electron chi connectivity index (χ4n) is 2.18. The standard InChI is InChI=1S/C15H16N4/c1-3-10-4-6-11(7-5-10)12-8-13-14(16-2)18-19-15(13)17-9-12/h4-9H,3H2,1-2H3,(H2,16,17,18,19). The molecule has 0 aliphatic carbocycles. The minimum atomic E-state index is 0.804. The van der Waals surface area contributed by atoms with Gasteiger partial charge in [0.25, 0.3) is 0 Å². The summed E-state index contributed by atoms with van der Waals surface area (Å²) in [7, 11) is 1.86. The highest BCUT2D eigenvalue weighted by molar-refractivity contribution is 5.90. The maximum atomic E-state index is 4.41. The summed E-state index contributed by atoms with van der Waals surface area (Å²) in [6, 6.07) is 10.7. The molecule has 2 N–H and O–H groups in total. The molecule has 0 unspecified atom stereocenters. The summed E-state index contributed by atoms with van der Waals surface area (Å²) in [4.78, 5) is 4.41. The third-order valence-corrected chi connectivity index (χ3v) is 3.35. The minimum absolute atomic E-state index is 0.804. The lowest BCUT2D eigenvalue weighted by molar-refractivity contribution is 1.09. The zero-order valence-corrected chi connectivity index (χ0v) is 11.1. The molecule has 2 aromatic heterocycles. The van der Waals surface area contributed by atoms with Crippen LogP contribution in [0.4, 0.5) is 5.82 Å². The van der Waals surface area contributed by atoms with Gasteiger partial charge in [0.2, 0.25) is 0 Å². The molecule has 0 aliphatic heterocycles. The van der Waals surface area contributed by atoms with Gasteiger partial charge in [-0.15, -0.1) is 0 Å². The molecule has 4 nitrogen and oxygen atoms in total. The van der Waals surface area contributed by atoms with Crippen LogP contribution in [0.1, 0.15) is 12.5 Å². The number of benzene rings is 1. The first-order valence-electron chi connectivity index (χ1n) is 6.43. The molecule has 0 atom stereocenters. The van der Waals surface area contributed by atoms with Crippen LogP contribution >= 0.6 is 0 Å². The zero-order chi connectivity index (χ0) is 13.2. The van der Waals surface area contributed by atoms with Crippen molar-refractivity contribution in [1.29, 1.82) is 0 Å². The average molecular weight is 252 g/mol. The highest BCUT2D eigenvalue weighted by Crippen LogP contribution is 2.25. The summed E-state index contributed by atoms with van der Waals surface area (Å²) >= 11 is 0. The number of nitrogens with one attached hydrogen (secondary N) is 2. The Kier molecular flexibility index (Phi) is 2.91. The SMILES string of the molecule is CCc1ccc(-c2cnc3[nH]nc(NC)c3c2)cc1. The fourth-order valence-corrected chi connectivity index (χ4v) is 2.18. The second-order valence-corrected chi connectivity index (χ2v) is 4.49. The van der Waals surface area contributed by atoms with Gasteiger partial charge < -0.3 is 5.32 Å². The topological polar surface area (TPSA) is 53.6 Å². The molecule has 0 radical (unpaired) electrons. The molecule has 3 aromatic rings. The van der Waals surface area contributed by atoms with Crippen molar-refractivity contribution >= 4 is 16.9 Å². The van der Waals surface area contributed by atoms with E-state index in [1.807, 2.05) is 13.2 Å². The molecule has 3 rings (SSSR count). The maximum absolute atomic E-state index is 4.41. The first kappa shape index (κ1) is 11.7. The molecule has 0 fully saturated rings. The van der Waals surface area contributed by atoms with Crippen LogP contribution in [0.2, 0.25) is 0 Å². The maximum Gasteiger partial charge on any atom is 0.157 e. The number of pyridine rings is 1. The Balaban J connectivity index is 2.08. The van der Waals surface area contributed by atoms with Crippen molar-refractivity contribution in [2.24, 2.45) is 0 Å². The summed E-state index contributed by atoms with van der Waals surface area (Å²) in [5, 5.41) is 11.2. The number of anilines is 1. The van der Waals surface area contributed by atoms with Crippen LogP contribution in [0.3, 0.4) is 0 Å². The highest BCUT2D eigenvalue weighted by atomic mass is 15.2. The summed E-state index contributed by atoms with van der Waals surface area (Å²) in [5.41, 5.74) is 4.43. The van der Waals surface area contributed by atoms with Crippen LogP contribution in [0.5, 0.6) is 0 Å². The van der Waals surface area contributed by atoms with Gasteiger partial charge in [0.15, 0.2) is 11.5 Å². The Morgan fingerprint density at radius 2 is 1.95 bits per heavy atom. The van der Waals surface area contributed by atoms with Gasteiger partial charge in [0, 0.05) is 18.8 Å². The molecule has 19 heavy (non-hydrogen) atoms. The van der Waals surface area contributed by atoms with Crippen molar-refractivity contribution in [3.8, 4) is 11.1 Å². The predicted molar refractivity (Wildman–Crippen MR) is 78.2 cm³/mol. The number of fused-ring (bicyclic) bond motifs is 1. The van der Waals surface area contributed by atoms with Crippen molar-refractivity contribution in [2.45, 2.75) is 13.3 Å². The number of aromatic nitrogens is 3. The number of H-pyrrole nitrogens is 1. The molecule has 0 aliphatic rings. The highest BCUT2D eigenvalue weighted by Gasteiger charge is 2.07. The van der Waals surface area contributed by atoms with Gasteiger partial charge >= 0.3 is 0 Å². The van der Waals surface area contributed by atoms with E-state index in [0.29, 0.717) is 0 Å². The van der Waals surface area contributed by atoms with Crippen LogP contribution in [0, 0.1) is 0 Å². The molecule has 0 spiro atoms. The van der Waals surface area contributed by atoms with Gasteiger partial charge in [-0.25, -0.2) is 4.98 Å². The van der Waals surface area contributed by atoms with Gasteiger partial charge in [0.1, 0.15) is 0 Å². The second kappa shape index (κ2) is 4.72. The number of rotatable bonds is 3. The number of hydrogen-bond donors (Lipinski definition) is 2. The normalized spacial score (nSPS) is 10.8. The Bertz CT molecular complexity index is 698. The molecule has 0 saturated carbocycles. The van der Waals surface area contributed by atoms with E-state index < -0.39 is 0 Å². The van der Waals surface area contributed by atoms with Crippen LogP contribution in [0.25, 0.3) is 22.2 Å². The number of hydrogen-bond acceptors (Lipinski definition) is 3. The molecule has 0 bridgehead atoms. The fraction of sp³-hybridized carbons (Fsp3) is 0.200. The molecule has 96 valence electrons. The third kappa shape index (κ3) is 2.05. The summed E-state index contributed by atoms with van der Waals surface area (Å²) in [6.07, 6.45) is 2.93. The van der Waals surface area contributed by atoms with E-state index in [1.165, 1.54) is 11.1 Å². The van der Waals surface area contributed by atoms with E-state index in [9.17, 15) is 0 Å². The van der Waals surface area contributed by atoms with E-state index in [4.69, 9.17) is 0 Å². The van der Waals surface area contributed by atoms with Crippen molar-refractivity contribution < 1.29 is 0 Å². The number of aryl methyl sites for hydroxylation is 1. The lowest BCUT2D eigenvalue weighted by Gasteiger charge is -2.03. The molecule has 0 saturated heterocycles. The van der Waals surface area contributed by atoms with Gasteiger partial charge in [-0.1, -0.05) is 31.2 Å². The van der Waals surface area contributed by atoms with Crippen LogP contribution in [-0.2, 0) is 6.42 Å². The van der Waals surface area contributed by atoms with E-state index in [2.05, 4.69) is 57.8 Å². The average Bonchev–Trinajstić information content (AvgIpc) is 2.89. The quantitative estimate of drug-likeness (QED) is 0.752. The lowest BCUT2D eigenvalue weighted by Crippen LogP contribution is -1.88. The van der Waals surface area contributed by atoms with Crippen LogP contribution < -0.4 is 5.32 Å². The van der Waals surface area contributed by atoms with Crippen LogP contribution in [0.15, 0.2) is 36.5 Å². The Labute approximate surface area is 111 Å².